The van der Waals surface area contributed by atoms with Crippen LogP contribution in [0.15, 0.2) is 48.4 Å². The highest BCUT2D eigenvalue weighted by Crippen LogP contribution is 2.32. The van der Waals surface area contributed by atoms with E-state index < -0.39 is 11.2 Å². The second-order valence-corrected chi connectivity index (χ2v) is 4.35. The Morgan fingerprint density at radius 3 is 2.00 bits per heavy atom. The fraction of sp³-hybridized carbons (Fsp3) is 0.200. The van der Waals surface area contributed by atoms with Crippen LogP contribution in [0.5, 0.6) is 11.5 Å². The van der Waals surface area contributed by atoms with Crippen molar-refractivity contribution < 1.29 is 15.7 Å². The molecule has 0 spiro atoms. The maximum Gasteiger partial charge on any atom is 0.293 e. The largest absolute Gasteiger partial charge is 0.508 e. The van der Waals surface area contributed by atoms with E-state index in [1.807, 2.05) is 0 Å². The SMILES string of the molecule is [2H]Oc1ccc(C(C)(C)c2c([2H])c([2H])c(O[2H])c([2H])c2[2H])cc1. The van der Waals surface area contributed by atoms with Crippen molar-refractivity contribution in [1.29, 1.82) is 2.86 Å². The molecule has 0 saturated heterocycles. The summed E-state index contributed by atoms with van der Waals surface area (Å²) in [5, 5.41) is 8.62. The Labute approximate surface area is 110 Å². The van der Waals surface area contributed by atoms with Crippen LogP contribution >= 0.6 is 0 Å². The van der Waals surface area contributed by atoms with Crippen LogP contribution < -0.4 is 0 Å². The number of hydrogen-bond donors (Lipinski definition) is 2. The summed E-state index contributed by atoms with van der Waals surface area (Å²) >= 11 is 0. The Morgan fingerprint density at radius 2 is 1.47 bits per heavy atom. The molecule has 0 aliphatic carbocycles. The van der Waals surface area contributed by atoms with Crippen LogP contribution in [0.3, 0.4) is 0 Å². The van der Waals surface area contributed by atoms with Gasteiger partial charge in [-0.3, -0.25) is 0 Å². The smallest absolute Gasteiger partial charge is 0.293 e. The van der Waals surface area contributed by atoms with E-state index in [1.54, 1.807) is 38.1 Å². The van der Waals surface area contributed by atoms with Crippen molar-refractivity contribution in [3.05, 3.63) is 59.6 Å². The molecule has 0 bridgehead atoms. The van der Waals surface area contributed by atoms with Crippen LogP contribution in [0, 0.1) is 0 Å². The van der Waals surface area contributed by atoms with Gasteiger partial charge in [0.25, 0.3) is 2.86 Å². The Bertz CT molecular complexity index is 699. The van der Waals surface area contributed by atoms with E-state index in [4.69, 9.17) is 8.35 Å². The molecule has 0 heterocycles. The van der Waals surface area contributed by atoms with E-state index >= 15 is 0 Å². The predicted octanol–water partition coefficient (Wildman–Crippen LogP) is 3.42. The lowest BCUT2D eigenvalue weighted by Gasteiger charge is -2.26. The summed E-state index contributed by atoms with van der Waals surface area (Å²) in [6.07, 6.45) is 0. The van der Waals surface area contributed by atoms with E-state index in [0.29, 0.717) is 5.75 Å². The summed E-state index contributed by atoms with van der Waals surface area (Å²) in [6.45, 7) is 3.57. The second kappa shape index (κ2) is 4.13. The van der Waals surface area contributed by atoms with Crippen molar-refractivity contribution >= 4 is 0 Å². The number of phenols is 2. The van der Waals surface area contributed by atoms with Crippen LogP contribution in [0.4, 0.5) is 0 Å². The van der Waals surface area contributed by atoms with Gasteiger partial charge >= 0.3 is 0 Å². The van der Waals surface area contributed by atoms with Gasteiger partial charge in [0.2, 0.25) is 0 Å². The number of rotatable bonds is 4. The quantitative estimate of drug-likeness (QED) is 0.851. The predicted molar refractivity (Wildman–Crippen MR) is 68.3 cm³/mol. The van der Waals surface area contributed by atoms with Gasteiger partial charge in [0.05, 0.1) is 5.48 Å². The molecule has 17 heavy (non-hydrogen) atoms. The summed E-state index contributed by atoms with van der Waals surface area (Å²) < 4.78 is 45.9. The fourth-order valence-corrected chi connectivity index (χ4v) is 1.63. The van der Waals surface area contributed by atoms with Gasteiger partial charge in [-0.15, -0.1) is 0 Å². The molecule has 2 aromatic carbocycles. The van der Waals surface area contributed by atoms with Crippen LogP contribution in [-0.4, -0.2) is 13.1 Å². The summed E-state index contributed by atoms with van der Waals surface area (Å²) in [7, 11) is 0. The Balaban J connectivity index is 2.68. The standard InChI is InChI=1S/C15H16O2/c1-15(2,11-3-7-13(16)8-4-11)12-5-9-14(17)10-6-12/h3-10,16-17H,1-2H3/i3D,4D,7D,8D/hD2. The van der Waals surface area contributed by atoms with E-state index in [1.165, 1.54) is 0 Å². The minimum atomic E-state index is -0.819. The average molecular weight is 234 g/mol. The first-order valence-electron chi connectivity index (χ1n) is 8.05. The Kier molecular flexibility index (Phi) is 1.48. The molecule has 2 heteroatoms. The molecule has 2 N–H and O–H groups in total. The number of aromatic hydroxyl groups is 2. The van der Waals surface area contributed by atoms with Gasteiger partial charge in [-0.2, -0.15) is 0 Å². The highest BCUT2D eigenvalue weighted by molar-refractivity contribution is 5.41. The van der Waals surface area contributed by atoms with Crippen molar-refractivity contribution in [1.82, 2.24) is 0 Å². The molecule has 0 aliphatic rings. The zero-order valence-electron chi connectivity index (χ0n) is 15.6. The second-order valence-electron chi connectivity index (χ2n) is 4.35. The molecule has 0 amide bonds. The molecule has 0 aromatic heterocycles. The average Bonchev–Trinajstić information content (AvgIpc) is 2.53. The third kappa shape index (κ3) is 2.26. The topological polar surface area (TPSA) is 40.5 Å². The van der Waals surface area contributed by atoms with Crippen molar-refractivity contribution in [3.8, 4) is 11.5 Å². The van der Waals surface area contributed by atoms with Gasteiger partial charge in [0, 0.05) is 5.41 Å². The summed E-state index contributed by atoms with van der Waals surface area (Å²) in [5.41, 5.74) is 0.146. The van der Waals surface area contributed by atoms with Crippen molar-refractivity contribution in [2.45, 2.75) is 19.3 Å². The Hall–Kier alpha value is -1.96. The first-order chi connectivity index (χ1) is 10.8. The third-order valence-electron chi connectivity index (χ3n) is 2.80. The van der Waals surface area contributed by atoms with Gasteiger partial charge in [0.15, 0.2) is 0 Å². The van der Waals surface area contributed by atoms with E-state index in [-0.39, 0.29) is 29.7 Å². The lowest BCUT2D eigenvalue weighted by molar-refractivity contribution is 0.474. The summed E-state index contributed by atoms with van der Waals surface area (Å²) in [4.78, 5) is 0. The minimum absolute atomic E-state index is 0.216. The molecule has 0 radical (unpaired) electrons. The number of benzene rings is 2. The van der Waals surface area contributed by atoms with Gasteiger partial charge in [-0.05, 0) is 35.3 Å². The molecule has 0 unspecified atom stereocenters. The van der Waals surface area contributed by atoms with Crippen LogP contribution in [-0.2, 0) is 5.41 Å². The van der Waals surface area contributed by atoms with E-state index in [9.17, 15) is 0 Å². The zero-order valence-corrected chi connectivity index (χ0v) is 9.63. The third-order valence-corrected chi connectivity index (χ3v) is 2.80. The molecule has 0 atom stereocenters. The first-order valence-corrected chi connectivity index (χ1v) is 5.23. The molecule has 2 nitrogen and oxygen atoms in total. The van der Waals surface area contributed by atoms with Gasteiger partial charge in [-0.25, -0.2) is 0 Å². The molecule has 0 aliphatic heterocycles. The Morgan fingerprint density at radius 1 is 0.882 bits per heavy atom. The molecule has 88 valence electrons. The maximum atomic E-state index is 8.15. The van der Waals surface area contributed by atoms with E-state index in [0.717, 1.165) is 5.56 Å². The van der Waals surface area contributed by atoms with Gasteiger partial charge < -0.3 is 10.2 Å². The number of phenolic OH excluding ortho intramolecular Hbond substituents is 2. The van der Waals surface area contributed by atoms with Gasteiger partial charge in [0.1, 0.15) is 11.5 Å². The van der Waals surface area contributed by atoms with Crippen LogP contribution in [0.2, 0.25) is 0 Å². The molecule has 0 saturated carbocycles. The van der Waals surface area contributed by atoms with Crippen molar-refractivity contribution in [2.24, 2.45) is 0 Å². The number of hydrogen-bond acceptors (Lipinski definition) is 2. The zero-order chi connectivity index (χ0) is 17.4. The first kappa shape index (κ1) is 6.10. The fourth-order valence-electron chi connectivity index (χ4n) is 1.63. The molecule has 2 aromatic rings. The lowest BCUT2D eigenvalue weighted by atomic mass is 9.78. The monoisotopic (exact) mass is 234 g/mol. The van der Waals surface area contributed by atoms with Crippen LogP contribution in [0.25, 0.3) is 0 Å². The lowest BCUT2D eigenvalue weighted by Crippen LogP contribution is -2.18. The highest BCUT2D eigenvalue weighted by atomic mass is 16.3. The van der Waals surface area contributed by atoms with Gasteiger partial charge in [-0.1, -0.05) is 38.1 Å². The normalized spacial score (nSPS) is 15.9. The van der Waals surface area contributed by atoms with Crippen molar-refractivity contribution in [3.63, 3.8) is 0 Å². The highest BCUT2D eigenvalue weighted by Gasteiger charge is 2.22. The van der Waals surface area contributed by atoms with Crippen LogP contribution in [0.1, 0.15) is 30.5 Å². The molecular formula is C15H16O2. The van der Waals surface area contributed by atoms with E-state index in [2.05, 4.69) is 10.2 Å². The summed E-state index contributed by atoms with van der Waals surface area (Å²) in [5.74, 6) is -0.0282. The maximum absolute atomic E-state index is 8.15. The molecule has 0 fully saturated rings. The molecule has 2 rings (SSSR count). The molecular weight excluding hydrogens is 212 g/mol. The van der Waals surface area contributed by atoms with Crippen molar-refractivity contribution in [2.75, 3.05) is 0 Å². The minimum Gasteiger partial charge on any atom is -0.508 e. The summed E-state index contributed by atoms with van der Waals surface area (Å²) in [6, 6.07) is 5.39.